The summed E-state index contributed by atoms with van der Waals surface area (Å²) < 4.78 is 38.0. The van der Waals surface area contributed by atoms with Crippen molar-refractivity contribution in [2.24, 2.45) is 0 Å². The number of alkyl halides is 3. The molecule has 110 valence electrons. The SMILES string of the molecule is CNC(=O)N1CCN(c2cccc(C(F)(F)F)c2)CC1. The third kappa shape index (κ3) is 3.15. The van der Waals surface area contributed by atoms with Gasteiger partial charge in [-0.2, -0.15) is 13.2 Å². The molecule has 0 bridgehead atoms. The van der Waals surface area contributed by atoms with Crippen molar-refractivity contribution in [3.63, 3.8) is 0 Å². The third-order valence-corrected chi connectivity index (χ3v) is 3.32. The van der Waals surface area contributed by atoms with E-state index < -0.39 is 11.7 Å². The highest BCUT2D eigenvalue weighted by atomic mass is 19.4. The van der Waals surface area contributed by atoms with Gasteiger partial charge in [0.15, 0.2) is 0 Å². The molecule has 2 amide bonds. The number of carbonyl (C=O) groups excluding carboxylic acids is 1. The molecule has 1 aromatic rings. The van der Waals surface area contributed by atoms with Gasteiger partial charge in [-0.25, -0.2) is 4.79 Å². The van der Waals surface area contributed by atoms with Gasteiger partial charge in [-0.05, 0) is 18.2 Å². The quantitative estimate of drug-likeness (QED) is 0.859. The molecule has 1 aromatic carbocycles. The van der Waals surface area contributed by atoms with Crippen molar-refractivity contribution in [2.75, 3.05) is 38.1 Å². The number of rotatable bonds is 1. The smallest absolute Gasteiger partial charge is 0.368 e. The summed E-state index contributed by atoms with van der Waals surface area (Å²) in [7, 11) is 1.56. The van der Waals surface area contributed by atoms with Crippen molar-refractivity contribution in [1.82, 2.24) is 10.2 Å². The minimum atomic E-state index is -4.33. The van der Waals surface area contributed by atoms with Gasteiger partial charge in [0.25, 0.3) is 0 Å². The van der Waals surface area contributed by atoms with Crippen LogP contribution in [0.2, 0.25) is 0 Å². The molecule has 1 aliphatic heterocycles. The van der Waals surface area contributed by atoms with E-state index in [0.717, 1.165) is 12.1 Å². The maximum atomic E-state index is 12.7. The molecular formula is C13H16F3N3O. The lowest BCUT2D eigenvalue weighted by Crippen LogP contribution is -2.51. The standard InChI is InChI=1S/C13H16F3N3O/c1-17-12(20)19-7-5-18(6-8-19)11-4-2-3-10(9-11)13(14,15)16/h2-4,9H,5-8H2,1H3,(H,17,20). The number of nitrogens with one attached hydrogen (secondary N) is 1. The van der Waals surface area contributed by atoms with E-state index in [1.807, 2.05) is 4.90 Å². The summed E-state index contributed by atoms with van der Waals surface area (Å²) in [6.45, 7) is 2.04. The fourth-order valence-electron chi connectivity index (χ4n) is 2.20. The number of amides is 2. The zero-order valence-electron chi connectivity index (χ0n) is 11.1. The molecule has 0 spiro atoms. The Balaban J connectivity index is 2.06. The average Bonchev–Trinajstić information content (AvgIpc) is 2.46. The van der Waals surface area contributed by atoms with E-state index in [9.17, 15) is 18.0 Å². The number of hydrogen-bond acceptors (Lipinski definition) is 2. The molecule has 4 nitrogen and oxygen atoms in total. The largest absolute Gasteiger partial charge is 0.416 e. The van der Waals surface area contributed by atoms with Gasteiger partial charge >= 0.3 is 12.2 Å². The summed E-state index contributed by atoms with van der Waals surface area (Å²) in [5.74, 6) is 0. The third-order valence-electron chi connectivity index (χ3n) is 3.32. The summed E-state index contributed by atoms with van der Waals surface area (Å²) in [5, 5.41) is 2.54. The van der Waals surface area contributed by atoms with Crippen LogP contribution in [0.5, 0.6) is 0 Å². The second-order valence-corrected chi connectivity index (χ2v) is 4.58. The molecule has 1 aliphatic rings. The number of nitrogens with zero attached hydrogens (tertiary/aromatic N) is 2. The summed E-state index contributed by atoms with van der Waals surface area (Å²) in [6.07, 6.45) is -4.33. The minimum Gasteiger partial charge on any atom is -0.368 e. The molecule has 1 saturated heterocycles. The predicted molar refractivity (Wildman–Crippen MR) is 69.7 cm³/mol. The number of urea groups is 1. The van der Waals surface area contributed by atoms with Crippen LogP contribution >= 0.6 is 0 Å². The average molecular weight is 287 g/mol. The number of halogens is 3. The van der Waals surface area contributed by atoms with Crippen LogP contribution in [-0.4, -0.2) is 44.2 Å². The van der Waals surface area contributed by atoms with E-state index in [1.54, 1.807) is 18.0 Å². The Kier molecular flexibility index (Phi) is 4.06. The van der Waals surface area contributed by atoms with Crippen LogP contribution in [0.15, 0.2) is 24.3 Å². The van der Waals surface area contributed by atoms with Crippen molar-refractivity contribution in [3.8, 4) is 0 Å². The lowest BCUT2D eigenvalue weighted by molar-refractivity contribution is -0.137. The van der Waals surface area contributed by atoms with Crippen LogP contribution in [0.4, 0.5) is 23.7 Å². The second-order valence-electron chi connectivity index (χ2n) is 4.58. The molecule has 1 fully saturated rings. The topological polar surface area (TPSA) is 35.6 Å². The monoisotopic (exact) mass is 287 g/mol. The lowest BCUT2D eigenvalue weighted by atomic mass is 10.1. The first-order valence-corrected chi connectivity index (χ1v) is 6.30. The summed E-state index contributed by atoms with van der Waals surface area (Å²) in [5.41, 5.74) is -0.111. The molecule has 7 heteroatoms. The Morgan fingerprint density at radius 2 is 1.85 bits per heavy atom. The van der Waals surface area contributed by atoms with Crippen molar-refractivity contribution >= 4 is 11.7 Å². The van der Waals surface area contributed by atoms with Crippen molar-refractivity contribution in [3.05, 3.63) is 29.8 Å². The van der Waals surface area contributed by atoms with Gasteiger partial charge in [0.2, 0.25) is 0 Å². The van der Waals surface area contributed by atoms with E-state index >= 15 is 0 Å². The van der Waals surface area contributed by atoms with Gasteiger partial charge in [-0.3, -0.25) is 0 Å². The number of anilines is 1. The first-order valence-electron chi connectivity index (χ1n) is 6.30. The van der Waals surface area contributed by atoms with Crippen molar-refractivity contribution < 1.29 is 18.0 Å². The summed E-state index contributed by atoms with van der Waals surface area (Å²) >= 11 is 0. The van der Waals surface area contributed by atoms with Crippen LogP contribution in [0, 0.1) is 0 Å². The van der Waals surface area contributed by atoms with Crippen LogP contribution in [0.1, 0.15) is 5.56 Å². The van der Waals surface area contributed by atoms with Crippen molar-refractivity contribution in [1.29, 1.82) is 0 Å². The van der Waals surface area contributed by atoms with E-state index in [4.69, 9.17) is 0 Å². The Morgan fingerprint density at radius 1 is 1.20 bits per heavy atom. The lowest BCUT2D eigenvalue weighted by Gasteiger charge is -2.36. The van der Waals surface area contributed by atoms with Crippen LogP contribution in [0.3, 0.4) is 0 Å². The van der Waals surface area contributed by atoms with Gasteiger partial charge in [0.05, 0.1) is 5.56 Å². The Morgan fingerprint density at radius 3 is 2.40 bits per heavy atom. The molecule has 0 saturated carbocycles. The number of piperazine rings is 1. The Bertz CT molecular complexity index is 482. The van der Waals surface area contributed by atoms with Gasteiger partial charge in [0, 0.05) is 38.9 Å². The summed E-state index contributed by atoms with van der Waals surface area (Å²) in [4.78, 5) is 14.9. The number of carbonyl (C=O) groups is 1. The van der Waals surface area contributed by atoms with Crippen molar-refractivity contribution in [2.45, 2.75) is 6.18 Å². The van der Waals surface area contributed by atoms with Crippen LogP contribution in [-0.2, 0) is 6.18 Å². The molecule has 1 N–H and O–H groups in total. The van der Waals surface area contributed by atoms with Gasteiger partial charge in [0.1, 0.15) is 0 Å². The highest BCUT2D eigenvalue weighted by Gasteiger charge is 2.31. The molecular weight excluding hydrogens is 271 g/mol. The Hall–Kier alpha value is -1.92. The number of hydrogen-bond donors (Lipinski definition) is 1. The van der Waals surface area contributed by atoms with Gasteiger partial charge in [-0.15, -0.1) is 0 Å². The van der Waals surface area contributed by atoms with Crippen LogP contribution in [0.25, 0.3) is 0 Å². The molecule has 0 aliphatic carbocycles. The second kappa shape index (κ2) is 5.60. The fourth-order valence-corrected chi connectivity index (χ4v) is 2.20. The Labute approximate surface area is 115 Å². The maximum Gasteiger partial charge on any atom is 0.416 e. The predicted octanol–water partition coefficient (Wildman–Crippen LogP) is 2.17. The van der Waals surface area contributed by atoms with E-state index in [2.05, 4.69) is 5.32 Å². The highest BCUT2D eigenvalue weighted by molar-refractivity contribution is 5.74. The van der Waals surface area contributed by atoms with Crippen LogP contribution < -0.4 is 10.2 Å². The number of benzene rings is 1. The summed E-state index contributed by atoms with van der Waals surface area (Å²) in [6, 6.07) is 5.11. The first kappa shape index (κ1) is 14.5. The molecule has 2 rings (SSSR count). The van der Waals surface area contributed by atoms with E-state index in [1.165, 1.54) is 6.07 Å². The molecule has 0 radical (unpaired) electrons. The first-order chi connectivity index (χ1) is 9.41. The van der Waals surface area contributed by atoms with Gasteiger partial charge < -0.3 is 15.1 Å². The minimum absolute atomic E-state index is 0.159. The molecule has 1 heterocycles. The zero-order chi connectivity index (χ0) is 14.8. The highest BCUT2D eigenvalue weighted by Crippen LogP contribution is 2.31. The molecule has 0 aromatic heterocycles. The molecule has 20 heavy (non-hydrogen) atoms. The normalized spacial score (nSPS) is 16.2. The fraction of sp³-hybridized carbons (Fsp3) is 0.462. The van der Waals surface area contributed by atoms with E-state index in [0.29, 0.717) is 31.9 Å². The zero-order valence-corrected chi connectivity index (χ0v) is 11.1. The molecule has 0 unspecified atom stereocenters. The molecule has 0 atom stereocenters. The van der Waals surface area contributed by atoms with E-state index in [-0.39, 0.29) is 6.03 Å². The van der Waals surface area contributed by atoms with Gasteiger partial charge in [-0.1, -0.05) is 6.07 Å². The maximum absolute atomic E-state index is 12.7.